The van der Waals surface area contributed by atoms with Crippen LogP contribution in [0.1, 0.15) is 11.4 Å². The van der Waals surface area contributed by atoms with E-state index >= 15 is 0 Å². The molecule has 2 aromatic carbocycles. The van der Waals surface area contributed by atoms with Crippen LogP contribution >= 0.6 is 0 Å². The molecule has 0 spiro atoms. The maximum Gasteiger partial charge on any atom is 0.141 e. The summed E-state index contributed by atoms with van der Waals surface area (Å²) in [5.41, 5.74) is 3.20. The van der Waals surface area contributed by atoms with E-state index in [9.17, 15) is 10.2 Å². The number of nitrogens with zero attached hydrogens (tertiary/aromatic N) is 2. The van der Waals surface area contributed by atoms with Crippen molar-refractivity contribution in [2.24, 2.45) is 0 Å². The Kier molecular flexibility index (Phi) is 6.27. The molecule has 0 amide bonds. The van der Waals surface area contributed by atoms with Crippen molar-refractivity contribution >= 4 is 21.8 Å². The Balaban J connectivity index is 0.000000173. The largest absolute Gasteiger partial charge is 0.506 e. The van der Waals surface area contributed by atoms with Crippen LogP contribution < -0.4 is 0 Å². The number of aryl methyl sites for hydroxylation is 2. The summed E-state index contributed by atoms with van der Waals surface area (Å²) >= 11 is 0. The number of benzene rings is 2. The van der Waals surface area contributed by atoms with Gasteiger partial charge in [-0.05, 0) is 38.1 Å². The summed E-state index contributed by atoms with van der Waals surface area (Å²) in [6, 6.07) is 18.6. The second-order valence-corrected chi connectivity index (χ2v) is 5.60. The predicted molar refractivity (Wildman–Crippen MR) is 96.3 cm³/mol. The fraction of sp³-hybridized carbons (Fsp3) is 0.100. The van der Waals surface area contributed by atoms with Gasteiger partial charge in [-0.15, -0.1) is 0 Å². The van der Waals surface area contributed by atoms with Crippen molar-refractivity contribution in [3.05, 3.63) is 72.1 Å². The molecule has 0 atom stereocenters. The summed E-state index contributed by atoms with van der Waals surface area (Å²) in [6.07, 6.45) is 0. The summed E-state index contributed by atoms with van der Waals surface area (Å²) in [5, 5.41) is 20.8. The molecule has 0 radical (unpaired) electrons. The first-order valence-corrected chi connectivity index (χ1v) is 7.65. The predicted octanol–water partition coefficient (Wildman–Crippen LogP) is 4.50. The minimum Gasteiger partial charge on any atom is -0.506 e. The molecule has 0 fully saturated rings. The van der Waals surface area contributed by atoms with Gasteiger partial charge in [0, 0.05) is 48.4 Å². The zero-order valence-electron chi connectivity index (χ0n) is 14.1. The quantitative estimate of drug-likeness (QED) is 0.449. The minimum absolute atomic E-state index is 0. The molecule has 0 aliphatic carbocycles. The number of aromatic nitrogens is 2. The first-order chi connectivity index (χ1) is 11.5. The Hall–Kier alpha value is -2.26. The zero-order chi connectivity index (χ0) is 17.1. The molecular weight excluding hydrogens is 391 g/mol. The number of fused-ring (bicyclic) bond motifs is 2. The number of hydrogen-bond donors (Lipinski definition) is 2. The molecule has 0 aliphatic heterocycles. The van der Waals surface area contributed by atoms with Crippen molar-refractivity contribution < 1.29 is 36.4 Å². The van der Waals surface area contributed by atoms with Gasteiger partial charge in [0.05, 0.1) is 0 Å². The van der Waals surface area contributed by atoms with Gasteiger partial charge in [0.2, 0.25) is 0 Å². The molecule has 0 saturated carbocycles. The Bertz CT molecular complexity index is 936. The van der Waals surface area contributed by atoms with E-state index in [4.69, 9.17) is 0 Å². The third-order valence-corrected chi connectivity index (χ3v) is 3.68. The summed E-state index contributed by atoms with van der Waals surface area (Å²) in [4.78, 5) is 8.45. The maximum absolute atomic E-state index is 9.43. The van der Waals surface area contributed by atoms with Crippen molar-refractivity contribution in [3.8, 4) is 11.5 Å². The Morgan fingerprint density at radius 2 is 1.00 bits per heavy atom. The Morgan fingerprint density at radius 3 is 1.40 bits per heavy atom. The van der Waals surface area contributed by atoms with Gasteiger partial charge in [-0.3, -0.25) is 0 Å². The molecule has 5 heteroatoms. The van der Waals surface area contributed by atoms with Crippen LogP contribution in [0.25, 0.3) is 21.8 Å². The number of phenolic OH excluding ortho intramolecular Hbond substituents is 2. The average molecular weight is 410 g/mol. The van der Waals surface area contributed by atoms with E-state index in [0.717, 1.165) is 22.2 Å². The molecular formula is C20H18N2O2Zr. The van der Waals surface area contributed by atoms with Gasteiger partial charge in [-0.25, -0.2) is 9.97 Å². The third-order valence-electron chi connectivity index (χ3n) is 3.68. The molecule has 0 unspecified atom stereocenters. The van der Waals surface area contributed by atoms with Crippen molar-refractivity contribution in [1.82, 2.24) is 9.97 Å². The number of rotatable bonds is 0. The van der Waals surface area contributed by atoms with Gasteiger partial charge >= 0.3 is 0 Å². The third kappa shape index (κ3) is 4.43. The monoisotopic (exact) mass is 408 g/mol. The Labute approximate surface area is 165 Å². The average Bonchev–Trinajstić information content (AvgIpc) is 2.57. The van der Waals surface area contributed by atoms with Gasteiger partial charge in [-0.2, -0.15) is 0 Å². The van der Waals surface area contributed by atoms with E-state index in [1.165, 1.54) is 0 Å². The number of hydrogen-bond acceptors (Lipinski definition) is 4. The van der Waals surface area contributed by atoms with Gasteiger partial charge in [-0.1, -0.05) is 36.4 Å². The first kappa shape index (κ1) is 19.1. The van der Waals surface area contributed by atoms with E-state index < -0.39 is 0 Å². The Morgan fingerprint density at radius 1 is 0.600 bits per heavy atom. The summed E-state index contributed by atoms with van der Waals surface area (Å²) < 4.78 is 0. The number of pyridine rings is 2. The van der Waals surface area contributed by atoms with E-state index in [1.54, 1.807) is 12.1 Å². The van der Waals surface area contributed by atoms with Crippen LogP contribution in [-0.4, -0.2) is 20.2 Å². The molecule has 4 rings (SSSR count). The smallest absolute Gasteiger partial charge is 0.141 e. The van der Waals surface area contributed by atoms with E-state index in [-0.39, 0.29) is 37.7 Å². The van der Waals surface area contributed by atoms with Gasteiger partial charge < -0.3 is 10.2 Å². The van der Waals surface area contributed by atoms with Crippen molar-refractivity contribution in [3.63, 3.8) is 0 Å². The number of para-hydroxylation sites is 2. The molecule has 0 bridgehead atoms. The van der Waals surface area contributed by atoms with Gasteiger partial charge in [0.25, 0.3) is 0 Å². The van der Waals surface area contributed by atoms with Crippen LogP contribution in [0.3, 0.4) is 0 Å². The van der Waals surface area contributed by atoms with Crippen LogP contribution in [0.4, 0.5) is 0 Å². The summed E-state index contributed by atoms with van der Waals surface area (Å²) in [5.74, 6) is 0.493. The SMILES string of the molecule is Cc1ccc2cccc(O)c2n1.Cc1ccc2cccc(O)c2n1.[Zr]. The molecule has 124 valence electrons. The van der Waals surface area contributed by atoms with Crippen molar-refractivity contribution in [1.29, 1.82) is 0 Å². The standard InChI is InChI=1S/2C10H9NO.Zr/c2*1-7-5-6-8-3-2-4-9(12)10(8)11-7;/h2*2-6,12H,1H3;. The van der Waals surface area contributed by atoms with Crippen LogP contribution in [0, 0.1) is 13.8 Å². The van der Waals surface area contributed by atoms with Gasteiger partial charge in [0.1, 0.15) is 22.5 Å². The van der Waals surface area contributed by atoms with Gasteiger partial charge in [0.15, 0.2) is 0 Å². The van der Waals surface area contributed by atoms with Crippen LogP contribution in [0.5, 0.6) is 11.5 Å². The second-order valence-electron chi connectivity index (χ2n) is 5.60. The zero-order valence-corrected chi connectivity index (χ0v) is 16.5. The second kappa shape index (κ2) is 8.22. The summed E-state index contributed by atoms with van der Waals surface area (Å²) in [6.45, 7) is 3.82. The van der Waals surface area contributed by atoms with Crippen molar-refractivity contribution in [2.45, 2.75) is 13.8 Å². The molecule has 4 nitrogen and oxygen atoms in total. The number of aromatic hydroxyl groups is 2. The number of phenols is 2. The molecule has 2 heterocycles. The molecule has 0 aliphatic rings. The minimum atomic E-state index is 0. The topological polar surface area (TPSA) is 66.2 Å². The molecule has 4 aromatic rings. The molecule has 2 aromatic heterocycles. The fourth-order valence-corrected chi connectivity index (χ4v) is 2.46. The molecule has 0 saturated heterocycles. The van der Waals surface area contributed by atoms with Crippen LogP contribution in [0.15, 0.2) is 60.7 Å². The van der Waals surface area contributed by atoms with E-state index in [1.807, 2.05) is 62.4 Å². The fourth-order valence-electron chi connectivity index (χ4n) is 2.46. The maximum atomic E-state index is 9.43. The summed E-state index contributed by atoms with van der Waals surface area (Å²) in [7, 11) is 0. The first-order valence-electron chi connectivity index (χ1n) is 7.65. The van der Waals surface area contributed by atoms with E-state index in [0.29, 0.717) is 11.0 Å². The molecule has 2 N–H and O–H groups in total. The van der Waals surface area contributed by atoms with Crippen molar-refractivity contribution in [2.75, 3.05) is 0 Å². The van der Waals surface area contributed by atoms with Crippen LogP contribution in [-0.2, 0) is 26.2 Å². The normalized spacial score (nSPS) is 10.0. The molecule has 25 heavy (non-hydrogen) atoms. The van der Waals surface area contributed by atoms with Crippen LogP contribution in [0.2, 0.25) is 0 Å². The van der Waals surface area contributed by atoms with E-state index in [2.05, 4.69) is 9.97 Å².